The summed E-state index contributed by atoms with van der Waals surface area (Å²) in [5, 5.41) is 35.0. The second-order valence-electron chi connectivity index (χ2n) is 2.22. The number of rotatable bonds is 2. The molecule has 0 aliphatic heterocycles. The van der Waals surface area contributed by atoms with Crippen LogP contribution in [0.3, 0.4) is 0 Å². The molecule has 7 nitrogen and oxygen atoms in total. The molecule has 0 aromatic carbocycles. The normalized spacial score (nSPS) is 9.85. The van der Waals surface area contributed by atoms with Crippen LogP contribution in [-0.2, 0) is 11.2 Å². The molecule has 70 valence electrons. The lowest BCUT2D eigenvalue weighted by atomic mass is 10.2. The van der Waals surface area contributed by atoms with Crippen molar-refractivity contribution >= 4 is 5.97 Å². The number of carbonyl (C=O) groups is 1. The van der Waals surface area contributed by atoms with Crippen LogP contribution in [0.1, 0.15) is 5.56 Å². The van der Waals surface area contributed by atoms with E-state index in [1.165, 1.54) is 0 Å². The molecule has 1 aromatic heterocycles. The maximum absolute atomic E-state index is 10.2. The molecule has 0 saturated heterocycles. The van der Waals surface area contributed by atoms with Crippen LogP contribution in [0.4, 0.5) is 0 Å². The average Bonchev–Trinajstić information content (AvgIpc) is 1.96. The van der Waals surface area contributed by atoms with Crippen LogP contribution in [0.5, 0.6) is 17.8 Å². The van der Waals surface area contributed by atoms with Crippen molar-refractivity contribution in [2.45, 2.75) is 6.42 Å². The monoisotopic (exact) mass is 186 g/mol. The maximum atomic E-state index is 10.2. The van der Waals surface area contributed by atoms with E-state index < -0.39 is 30.2 Å². The van der Waals surface area contributed by atoms with Gasteiger partial charge in [0.2, 0.25) is 11.8 Å². The van der Waals surface area contributed by atoms with Gasteiger partial charge in [-0.1, -0.05) is 0 Å². The first-order valence-corrected chi connectivity index (χ1v) is 3.20. The van der Waals surface area contributed by atoms with Gasteiger partial charge in [0.1, 0.15) is 0 Å². The lowest BCUT2D eigenvalue weighted by Gasteiger charge is -2.02. The van der Waals surface area contributed by atoms with E-state index in [1.54, 1.807) is 0 Å². The van der Waals surface area contributed by atoms with Crippen molar-refractivity contribution in [3.8, 4) is 17.8 Å². The Labute approximate surface area is 71.9 Å². The molecule has 0 aliphatic rings. The van der Waals surface area contributed by atoms with Crippen molar-refractivity contribution < 1.29 is 25.2 Å². The van der Waals surface area contributed by atoms with Crippen molar-refractivity contribution in [3.05, 3.63) is 5.56 Å². The Bertz CT molecular complexity index is 328. The molecule has 1 heterocycles. The number of aromatic nitrogens is 2. The molecule has 0 saturated carbocycles. The molecule has 0 amide bonds. The second-order valence-corrected chi connectivity index (χ2v) is 2.22. The number of hydrogen-bond acceptors (Lipinski definition) is 6. The number of aromatic hydroxyl groups is 3. The summed E-state index contributed by atoms with van der Waals surface area (Å²) in [6.07, 6.45) is -0.613. The van der Waals surface area contributed by atoms with Crippen molar-refractivity contribution in [2.75, 3.05) is 0 Å². The molecule has 0 spiro atoms. The third-order valence-electron chi connectivity index (χ3n) is 1.28. The molecule has 7 heteroatoms. The highest BCUT2D eigenvalue weighted by Crippen LogP contribution is 2.25. The molecule has 0 radical (unpaired) electrons. The number of carboxylic acid groups (broad SMARTS) is 1. The Hall–Kier alpha value is -2.05. The minimum absolute atomic E-state index is 0.328. The molecule has 0 unspecified atom stereocenters. The van der Waals surface area contributed by atoms with Crippen LogP contribution in [-0.4, -0.2) is 36.4 Å². The summed E-state index contributed by atoms with van der Waals surface area (Å²) >= 11 is 0. The lowest BCUT2D eigenvalue weighted by Crippen LogP contribution is -2.02. The van der Waals surface area contributed by atoms with Gasteiger partial charge in [-0.3, -0.25) is 4.79 Å². The van der Waals surface area contributed by atoms with E-state index in [0.29, 0.717) is 0 Å². The van der Waals surface area contributed by atoms with Gasteiger partial charge in [0, 0.05) is 0 Å². The summed E-state index contributed by atoms with van der Waals surface area (Å²) in [7, 11) is 0. The first-order chi connectivity index (χ1) is 6.00. The predicted octanol–water partition coefficient (Wildman–Crippen LogP) is -0.780. The van der Waals surface area contributed by atoms with Crippen LogP contribution >= 0.6 is 0 Å². The van der Waals surface area contributed by atoms with Crippen LogP contribution < -0.4 is 0 Å². The predicted molar refractivity (Wildman–Crippen MR) is 38.4 cm³/mol. The standard InChI is InChI=1S/C6H6N2O5/c9-3(10)1-2-4(11)7-6(13)8-5(2)12/h1H2,(H,9,10)(H3,7,8,11,12,13). The molecular formula is C6H6N2O5. The number of carboxylic acids is 1. The smallest absolute Gasteiger partial charge is 0.320 e. The minimum Gasteiger partial charge on any atom is -0.493 e. The number of aliphatic carboxylic acids is 1. The fourth-order valence-corrected chi connectivity index (χ4v) is 0.759. The fraction of sp³-hybridized carbons (Fsp3) is 0.167. The quantitative estimate of drug-likeness (QED) is 0.477. The highest BCUT2D eigenvalue weighted by Gasteiger charge is 2.15. The van der Waals surface area contributed by atoms with E-state index in [4.69, 9.17) is 20.4 Å². The topological polar surface area (TPSA) is 124 Å². The van der Waals surface area contributed by atoms with E-state index in [0.717, 1.165) is 0 Å². The number of hydrogen-bond donors (Lipinski definition) is 4. The van der Waals surface area contributed by atoms with Gasteiger partial charge >= 0.3 is 12.0 Å². The van der Waals surface area contributed by atoms with Gasteiger partial charge in [-0.15, -0.1) is 0 Å². The molecule has 0 atom stereocenters. The highest BCUT2D eigenvalue weighted by atomic mass is 16.4. The van der Waals surface area contributed by atoms with E-state index in [2.05, 4.69) is 9.97 Å². The van der Waals surface area contributed by atoms with Crippen LogP contribution in [0, 0.1) is 0 Å². The Morgan fingerprint density at radius 3 is 2.00 bits per heavy atom. The largest absolute Gasteiger partial charge is 0.493 e. The molecule has 4 N–H and O–H groups in total. The molecule has 0 fully saturated rings. The fourth-order valence-electron chi connectivity index (χ4n) is 0.759. The van der Waals surface area contributed by atoms with Crippen LogP contribution in [0.25, 0.3) is 0 Å². The van der Waals surface area contributed by atoms with Gasteiger partial charge in [-0.25, -0.2) is 0 Å². The molecule has 0 bridgehead atoms. The molecular weight excluding hydrogens is 180 g/mol. The maximum Gasteiger partial charge on any atom is 0.320 e. The summed E-state index contributed by atoms with van der Waals surface area (Å²) < 4.78 is 0. The molecule has 1 aromatic rings. The third-order valence-corrected chi connectivity index (χ3v) is 1.28. The van der Waals surface area contributed by atoms with Gasteiger partial charge < -0.3 is 20.4 Å². The SMILES string of the molecule is O=C(O)Cc1c(O)nc(O)nc1O. The van der Waals surface area contributed by atoms with Crippen molar-refractivity contribution in [2.24, 2.45) is 0 Å². The highest BCUT2D eigenvalue weighted by molar-refractivity contribution is 5.71. The zero-order valence-electron chi connectivity index (χ0n) is 6.30. The first kappa shape index (κ1) is 9.04. The molecule has 0 aliphatic carbocycles. The van der Waals surface area contributed by atoms with E-state index >= 15 is 0 Å². The summed E-state index contributed by atoms with van der Waals surface area (Å²) in [4.78, 5) is 16.3. The Kier molecular flexibility index (Phi) is 2.18. The summed E-state index contributed by atoms with van der Waals surface area (Å²) in [6.45, 7) is 0. The van der Waals surface area contributed by atoms with Gasteiger partial charge in [-0.2, -0.15) is 9.97 Å². The van der Waals surface area contributed by atoms with Gasteiger partial charge in [-0.05, 0) is 0 Å². The zero-order chi connectivity index (χ0) is 10.0. The zero-order valence-corrected chi connectivity index (χ0v) is 6.30. The van der Waals surface area contributed by atoms with E-state index in [1.807, 2.05) is 0 Å². The molecule has 13 heavy (non-hydrogen) atoms. The van der Waals surface area contributed by atoms with Crippen LogP contribution in [0.15, 0.2) is 0 Å². The van der Waals surface area contributed by atoms with Gasteiger partial charge in [0.25, 0.3) is 0 Å². The van der Waals surface area contributed by atoms with Gasteiger partial charge in [0.15, 0.2) is 0 Å². The Morgan fingerprint density at radius 2 is 1.62 bits per heavy atom. The average molecular weight is 186 g/mol. The Morgan fingerprint density at radius 1 is 1.15 bits per heavy atom. The van der Waals surface area contributed by atoms with E-state index in [-0.39, 0.29) is 5.56 Å². The summed E-state index contributed by atoms with van der Waals surface area (Å²) in [5.41, 5.74) is -0.328. The minimum atomic E-state index is -1.25. The van der Waals surface area contributed by atoms with Crippen molar-refractivity contribution in [1.29, 1.82) is 0 Å². The Balaban J connectivity index is 3.13. The van der Waals surface area contributed by atoms with E-state index in [9.17, 15) is 4.79 Å². The van der Waals surface area contributed by atoms with Crippen molar-refractivity contribution in [1.82, 2.24) is 9.97 Å². The van der Waals surface area contributed by atoms with Gasteiger partial charge in [0.05, 0.1) is 12.0 Å². The summed E-state index contributed by atoms with van der Waals surface area (Å²) in [6, 6.07) is -0.816. The lowest BCUT2D eigenvalue weighted by molar-refractivity contribution is -0.136. The van der Waals surface area contributed by atoms with Crippen LogP contribution in [0.2, 0.25) is 0 Å². The number of nitrogens with zero attached hydrogens (tertiary/aromatic N) is 2. The first-order valence-electron chi connectivity index (χ1n) is 3.20. The third kappa shape index (κ3) is 1.95. The summed E-state index contributed by atoms with van der Waals surface area (Å²) in [5.74, 6) is -2.74. The molecule has 1 rings (SSSR count). The van der Waals surface area contributed by atoms with Crippen molar-refractivity contribution in [3.63, 3.8) is 0 Å². The second kappa shape index (κ2) is 3.13.